The minimum absolute atomic E-state index is 0.323. The maximum absolute atomic E-state index is 5.88. The van der Waals surface area contributed by atoms with E-state index in [4.69, 9.17) is 10.5 Å². The molecular weight excluding hydrogens is 378 g/mol. The van der Waals surface area contributed by atoms with Crippen molar-refractivity contribution in [1.29, 1.82) is 0 Å². The van der Waals surface area contributed by atoms with E-state index in [9.17, 15) is 0 Å². The van der Waals surface area contributed by atoms with Crippen LogP contribution in [0, 0.1) is 0 Å². The highest BCUT2D eigenvalue weighted by Gasteiger charge is 2.14. The second-order valence-electron chi connectivity index (χ2n) is 7.25. The number of nitrogens with two attached hydrogens (primary N) is 1. The number of guanidine groups is 1. The monoisotopic (exact) mass is 406 g/mol. The van der Waals surface area contributed by atoms with Gasteiger partial charge in [0, 0.05) is 31.3 Å². The molecule has 2 aromatic heterocycles. The third kappa shape index (κ3) is 4.84. The average Bonchev–Trinajstić information content (AvgIpc) is 3.12. The molecule has 30 heavy (non-hydrogen) atoms. The van der Waals surface area contributed by atoms with Crippen LogP contribution in [0.3, 0.4) is 0 Å². The molecule has 0 spiro atoms. The molecule has 3 N–H and O–H groups in total. The highest BCUT2D eigenvalue weighted by Crippen LogP contribution is 2.19. The maximum Gasteiger partial charge on any atom is 0.286 e. The van der Waals surface area contributed by atoms with Crippen molar-refractivity contribution in [3.05, 3.63) is 60.4 Å². The smallest absolute Gasteiger partial charge is 0.286 e. The van der Waals surface area contributed by atoms with Crippen LogP contribution in [0.5, 0.6) is 0 Å². The zero-order valence-electron chi connectivity index (χ0n) is 17.2. The Morgan fingerprint density at radius 1 is 1.20 bits per heavy atom. The van der Waals surface area contributed by atoms with Gasteiger partial charge in [-0.2, -0.15) is 5.10 Å². The van der Waals surface area contributed by atoms with Gasteiger partial charge < -0.3 is 10.5 Å². The fourth-order valence-electron chi connectivity index (χ4n) is 3.54. The van der Waals surface area contributed by atoms with Crippen molar-refractivity contribution >= 4 is 17.8 Å². The molecule has 1 aliphatic rings. The van der Waals surface area contributed by atoms with Gasteiger partial charge in [-0.1, -0.05) is 18.2 Å². The van der Waals surface area contributed by atoms with Gasteiger partial charge in [0.05, 0.1) is 39.2 Å². The topological polar surface area (TPSA) is 84.3 Å². The number of nitrogens with one attached hydrogen (secondary N) is 1. The molecule has 1 aliphatic heterocycles. The quantitative estimate of drug-likeness (QED) is 0.277. The van der Waals surface area contributed by atoms with Crippen LogP contribution in [-0.4, -0.2) is 61.0 Å². The van der Waals surface area contributed by atoms with E-state index >= 15 is 0 Å². The van der Waals surface area contributed by atoms with Gasteiger partial charge in [0.1, 0.15) is 6.20 Å². The van der Waals surface area contributed by atoms with Gasteiger partial charge in [-0.15, -0.1) is 0 Å². The van der Waals surface area contributed by atoms with E-state index < -0.39 is 0 Å². The molecule has 0 atom stereocenters. The van der Waals surface area contributed by atoms with E-state index in [-0.39, 0.29) is 0 Å². The Morgan fingerprint density at radius 3 is 2.77 bits per heavy atom. The molecule has 8 nitrogen and oxygen atoms in total. The van der Waals surface area contributed by atoms with E-state index in [0.717, 1.165) is 55.3 Å². The van der Waals surface area contributed by atoms with Gasteiger partial charge >= 0.3 is 0 Å². The summed E-state index contributed by atoms with van der Waals surface area (Å²) in [5, 5.41) is 4.19. The Bertz CT molecular complexity index is 1030. The number of aromatic nitrogens is 2. The molecule has 1 aromatic carbocycles. The van der Waals surface area contributed by atoms with Crippen molar-refractivity contribution < 1.29 is 9.14 Å². The lowest BCUT2D eigenvalue weighted by Gasteiger charge is -2.25. The number of rotatable bonds is 6. The summed E-state index contributed by atoms with van der Waals surface area (Å²) in [6, 6.07) is 14.4. The van der Waals surface area contributed by atoms with Crippen molar-refractivity contribution in [3.8, 4) is 11.3 Å². The number of hydrogen-bond acceptors (Lipinski definition) is 4. The van der Waals surface area contributed by atoms with Crippen LogP contribution in [0.2, 0.25) is 0 Å². The van der Waals surface area contributed by atoms with Gasteiger partial charge in [0.2, 0.25) is 5.96 Å². The molecule has 0 bridgehead atoms. The average molecular weight is 407 g/mol. The van der Waals surface area contributed by atoms with Gasteiger partial charge in [0.15, 0.2) is 5.69 Å². The number of ether oxygens (including phenoxy) is 1. The Labute approximate surface area is 176 Å². The zero-order chi connectivity index (χ0) is 20.8. The highest BCUT2D eigenvalue weighted by atomic mass is 16.5. The summed E-state index contributed by atoms with van der Waals surface area (Å²) in [5.41, 5.74) is 13.1. The predicted molar refractivity (Wildman–Crippen MR) is 118 cm³/mol. The van der Waals surface area contributed by atoms with Crippen LogP contribution in [-0.2, 0) is 11.8 Å². The molecule has 3 aromatic rings. The number of imidazole rings is 1. The van der Waals surface area contributed by atoms with Crippen LogP contribution in [0.15, 0.2) is 65.0 Å². The minimum Gasteiger partial charge on any atom is -0.379 e. The molecule has 0 aliphatic carbocycles. The molecule has 4 rings (SSSR count). The fourth-order valence-corrected chi connectivity index (χ4v) is 3.54. The number of hydrogen-bond donors (Lipinski definition) is 2. The number of aliphatic imine (C=N–C) groups is 1. The molecule has 8 heteroatoms. The first-order valence-electron chi connectivity index (χ1n) is 10.2. The van der Waals surface area contributed by atoms with Crippen molar-refractivity contribution in [3.63, 3.8) is 0 Å². The fraction of sp³-hybridized carbons (Fsp3) is 0.318. The van der Waals surface area contributed by atoms with E-state index in [2.05, 4.69) is 67.0 Å². The summed E-state index contributed by atoms with van der Waals surface area (Å²) in [5.74, 6) is 0.323. The number of morpholine rings is 1. The SMILES string of the molecule is Cn1c(-c2ccc(/C=N/NC(N)=NCCN3CCOCC3)cc2)c[n+]2ccccc12. The molecule has 1 saturated heterocycles. The van der Waals surface area contributed by atoms with E-state index in [0.29, 0.717) is 12.5 Å². The van der Waals surface area contributed by atoms with Crippen LogP contribution in [0.4, 0.5) is 0 Å². The molecule has 0 amide bonds. The van der Waals surface area contributed by atoms with Crippen molar-refractivity contribution in [2.24, 2.45) is 22.9 Å². The predicted octanol–water partition coefficient (Wildman–Crippen LogP) is 1.00. The Kier molecular flexibility index (Phi) is 6.36. The van der Waals surface area contributed by atoms with E-state index in [1.165, 1.54) is 0 Å². The number of hydrazone groups is 1. The van der Waals surface area contributed by atoms with Crippen molar-refractivity contribution in [2.45, 2.75) is 0 Å². The molecule has 0 unspecified atom stereocenters. The van der Waals surface area contributed by atoms with Crippen LogP contribution in [0.1, 0.15) is 5.56 Å². The molecule has 156 valence electrons. The number of benzene rings is 1. The van der Waals surface area contributed by atoms with Gasteiger partial charge in [-0.25, -0.2) is 14.4 Å². The van der Waals surface area contributed by atoms with Gasteiger partial charge in [0.25, 0.3) is 5.65 Å². The highest BCUT2D eigenvalue weighted by molar-refractivity contribution is 5.83. The summed E-state index contributed by atoms with van der Waals surface area (Å²) in [4.78, 5) is 6.63. The Hall–Kier alpha value is -3.23. The first kappa shape index (κ1) is 20.1. The molecule has 0 saturated carbocycles. The first-order valence-corrected chi connectivity index (χ1v) is 10.2. The number of fused-ring (bicyclic) bond motifs is 1. The van der Waals surface area contributed by atoms with Crippen LogP contribution >= 0.6 is 0 Å². The molecular formula is C22H28N7O+. The number of nitrogens with zero attached hydrogens (tertiary/aromatic N) is 5. The summed E-state index contributed by atoms with van der Waals surface area (Å²) in [6.07, 6.45) is 5.93. The number of aryl methyl sites for hydroxylation is 1. The lowest BCUT2D eigenvalue weighted by atomic mass is 10.1. The normalized spacial score (nSPS) is 15.8. The summed E-state index contributed by atoms with van der Waals surface area (Å²) in [7, 11) is 2.07. The second kappa shape index (κ2) is 9.51. The molecule has 3 heterocycles. The minimum atomic E-state index is 0.323. The summed E-state index contributed by atoms with van der Waals surface area (Å²) >= 11 is 0. The van der Waals surface area contributed by atoms with Crippen LogP contribution < -0.4 is 15.6 Å². The maximum atomic E-state index is 5.88. The van der Waals surface area contributed by atoms with E-state index in [1.54, 1.807) is 6.21 Å². The third-order valence-electron chi connectivity index (χ3n) is 5.24. The summed E-state index contributed by atoms with van der Waals surface area (Å²) < 4.78 is 9.64. The van der Waals surface area contributed by atoms with Crippen LogP contribution in [0.25, 0.3) is 16.9 Å². The first-order chi connectivity index (χ1) is 14.7. The standard InChI is InChI=1S/C22H28N7O/c1-27-20(17-29-10-3-2-4-21(27)29)19-7-5-18(6-8-19)16-25-26-22(23)24-9-11-28-12-14-30-15-13-28/h2-8,10,16-17H,9,11-15H2,1H3,(H3,23,24,26)/q+1/b25-16+. The zero-order valence-corrected chi connectivity index (χ0v) is 17.2. The van der Waals surface area contributed by atoms with Crippen molar-refractivity contribution in [2.75, 3.05) is 39.4 Å². The Morgan fingerprint density at radius 2 is 2.00 bits per heavy atom. The van der Waals surface area contributed by atoms with Crippen molar-refractivity contribution in [1.82, 2.24) is 14.9 Å². The molecule has 0 radical (unpaired) electrons. The largest absolute Gasteiger partial charge is 0.379 e. The third-order valence-corrected chi connectivity index (χ3v) is 5.24. The molecule has 1 fully saturated rings. The number of pyridine rings is 1. The summed E-state index contributed by atoms with van der Waals surface area (Å²) in [6.45, 7) is 5.01. The van der Waals surface area contributed by atoms with Gasteiger partial charge in [-0.05, 0) is 23.8 Å². The van der Waals surface area contributed by atoms with E-state index in [1.807, 2.05) is 24.3 Å². The Balaban J connectivity index is 1.32. The lowest BCUT2D eigenvalue weighted by Crippen LogP contribution is -2.38. The second-order valence-corrected chi connectivity index (χ2v) is 7.25. The lowest BCUT2D eigenvalue weighted by molar-refractivity contribution is -0.510. The van der Waals surface area contributed by atoms with Gasteiger partial charge in [-0.3, -0.25) is 9.89 Å².